The van der Waals surface area contributed by atoms with Crippen molar-refractivity contribution in [3.63, 3.8) is 0 Å². The molecule has 0 spiro atoms. The zero-order valence-corrected chi connectivity index (χ0v) is 16.4. The minimum Gasteiger partial charge on any atom is -0.450 e. The molecule has 7 nitrogen and oxygen atoms in total. The normalized spacial score (nSPS) is 11.3. The van der Waals surface area contributed by atoms with E-state index in [2.05, 4.69) is 15.4 Å². The standard InChI is InChI=1S/C19H19FN4O3S/c1-19(2,3)22-15(25)11-27-18(26)16-21-17(14-5-4-10-28-14)24(23-16)13-8-6-12(20)7-9-13/h4-10H,11H2,1-3H3,(H,22,25). The lowest BCUT2D eigenvalue weighted by Crippen LogP contribution is -2.42. The van der Waals surface area contributed by atoms with Gasteiger partial charge in [-0.1, -0.05) is 6.07 Å². The monoisotopic (exact) mass is 402 g/mol. The lowest BCUT2D eigenvalue weighted by molar-refractivity contribution is -0.125. The molecular formula is C19H19FN4O3S. The Kier molecular flexibility index (Phi) is 5.55. The number of hydrogen-bond acceptors (Lipinski definition) is 6. The summed E-state index contributed by atoms with van der Waals surface area (Å²) in [4.78, 5) is 29.2. The number of benzene rings is 1. The largest absolute Gasteiger partial charge is 0.450 e. The third kappa shape index (κ3) is 4.80. The number of halogens is 1. The van der Waals surface area contributed by atoms with E-state index in [4.69, 9.17) is 4.74 Å². The van der Waals surface area contributed by atoms with Crippen molar-refractivity contribution < 1.29 is 18.7 Å². The maximum atomic E-state index is 13.2. The highest BCUT2D eigenvalue weighted by atomic mass is 32.1. The Hall–Kier alpha value is -3.07. The summed E-state index contributed by atoms with van der Waals surface area (Å²) in [5, 5.41) is 8.77. The van der Waals surface area contributed by atoms with Gasteiger partial charge in [-0.3, -0.25) is 4.79 Å². The highest BCUT2D eigenvalue weighted by Gasteiger charge is 2.22. The van der Waals surface area contributed by atoms with Crippen LogP contribution in [0.1, 0.15) is 31.4 Å². The highest BCUT2D eigenvalue weighted by molar-refractivity contribution is 7.13. The summed E-state index contributed by atoms with van der Waals surface area (Å²) >= 11 is 1.42. The fourth-order valence-electron chi connectivity index (χ4n) is 2.38. The Balaban J connectivity index is 1.84. The molecular weight excluding hydrogens is 383 g/mol. The van der Waals surface area contributed by atoms with Crippen LogP contribution in [-0.4, -0.2) is 38.8 Å². The van der Waals surface area contributed by atoms with Crippen molar-refractivity contribution in [2.75, 3.05) is 6.61 Å². The first-order valence-electron chi connectivity index (χ1n) is 8.48. The topological polar surface area (TPSA) is 86.1 Å². The van der Waals surface area contributed by atoms with Crippen molar-refractivity contribution in [2.45, 2.75) is 26.3 Å². The number of nitrogens with zero attached hydrogens (tertiary/aromatic N) is 3. The number of ether oxygens (including phenoxy) is 1. The molecule has 1 aromatic carbocycles. The average molecular weight is 402 g/mol. The van der Waals surface area contributed by atoms with E-state index in [1.165, 1.54) is 40.3 Å². The smallest absolute Gasteiger partial charge is 0.378 e. The summed E-state index contributed by atoms with van der Waals surface area (Å²) in [6, 6.07) is 9.34. The molecule has 2 aromatic heterocycles. The van der Waals surface area contributed by atoms with Crippen LogP contribution in [0, 0.1) is 5.82 Å². The summed E-state index contributed by atoms with van der Waals surface area (Å²) in [7, 11) is 0. The fraction of sp³-hybridized carbons (Fsp3) is 0.263. The Morgan fingerprint density at radius 1 is 1.21 bits per heavy atom. The van der Waals surface area contributed by atoms with Gasteiger partial charge < -0.3 is 10.1 Å². The minimum atomic E-state index is -0.817. The van der Waals surface area contributed by atoms with Crippen LogP contribution in [0.3, 0.4) is 0 Å². The van der Waals surface area contributed by atoms with Crippen LogP contribution in [0.4, 0.5) is 4.39 Å². The number of thiophene rings is 1. The molecule has 28 heavy (non-hydrogen) atoms. The Morgan fingerprint density at radius 2 is 1.93 bits per heavy atom. The van der Waals surface area contributed by atoms with Crippen LogP contribution in [0.15, 0.2) is 41.8 Å². The van der Waals surface area contributed by atoms with Crippen LogP contribution in [0.5, 0.6) is 0 Å². The van der Waals surface area contributed by atoms with Gasteiger partial charge in [0.1, 0.15) is 5.82 Å². The molecule has 146 valence electrons. The SMILES string of the molecule is CC(C)(C)NC(=O)COC(=O)c1nc(-c2cccs2)n(-c2ccc(F)cc2)n1. The average Bonchev–Trinajstić information content (AvgIpc) is 3.28. The third-order valence-corrected chi connectivity index (χ3v) is 4.32. The molecule has 0 atom stereocenters. The summed E-state index contributed by atoms with van der Waals surface area (Å²) in [6.07, 6.45) is 0. The Bertz CT molecular complexity index is 976. The maximum Gasteiger partial charge on any atom is 0.378 e. The molecule has 3 rings (SSSR count). The molecule has 0 aliphatic heterocycles. The number of amides is 1. The molecule has 1 N–H and O–H groups in total. The molecule has 0 unspecified atom stereocenters. The second kappa shape index (κ2) is 7.89. The quantitative estimate of drug-likeness (QED) is 0.663. The van der Waals surface area contributed by atoms with Gasteiger partial charge in [0.15, 0.2) is 12.4 Å². The van der Waals surface area contributed by atoms with Crippen LogP contribution < -0.4 is 5.32 Å². The summed E-state index contributed by atoms with van der Waals surface area (Å²) < 4.78 is 19.7. The zero-order chi connectivity index (χ0) is 20.3. The maximum absolute atomic E-state index is 13.2. The molecule has 1 amide bonds. The molecule has 0 aliphatic rings. The first-order valence-corrected chi connectivity index (χ1v) is 9.36. The highest BCUT2D eigenvalue weighted by Crippen LogP contribution is 2.25. The molecule has 0 bridgehead atoms. The van der Waals surface area contributed by atoms with Crippen molar-refractivity contribution in [1.29, 1.82) is 0 Å². The molecule has 0 saturated heterocycles. The number of aromatic nitrogens is 3. The van der Waals surface area contributed by atoms with Crippen LogP contribution in [-0.2, 0) is 9.53 Å². The number of carbonyl (C=O) groups is 2. The second-order valence-electron chi connectivity index (χ2n) is 7.00. The number of nitrogens with one attached hydrogen (secondary N) is 1. The van der Waals surface area contributed by atoms with E-state index in [1.807, 2.05) is 38.3 Å². The van der Waals surface area contributed by atoms with Crippen molar-refractivity contribution in [2.24, 2.45) is 0 Å². The molecule has 0 fully saturated rings. The van der Waals surface area contributed by atoms with E-state index in [0.717, 1.165) is 4.88 Å². The number of rotatable bonds is 5. The van der Waals surface area contributed by atoms with E-state index in [0.29, 0.717) is 11.5 Å². The number of hydrogen-bond donors (Lipinski definition) is 1. The van der Waals surface area contributed by atoms with E-state index in [-0.39, 0.29) is 11.6 Å². The van der Waals surface area contributed by atoms with Crippen LogP contribution in [0.2, 0.25) is 0 Å². The fourth-order valence-corrected chi connectivity index (χ4v) is 3.07. The van der Waals surface area contributed by atoms with Crippen molar-refractivity contribution in [3.05, 3.63) is 53.4 Å². The predicted octanol–water partition coefficient (Wildman–Crippen LogP) is 3.21. The van der Waals surface area contributed by atoms with Gasteiger partial charge in [0.25, 0.3) is 11.7 Å². The van der Waals surface area contributed by atoms with Crippen LogP contribution in [0.25, 0.3) is 16.4 Å². The summed E-state index contributed by atoms with van der Waals surface area (Å²) in [5.41, 5.74) is 0.111. The van der Waals surface area contributed by atoms with Gasteiger partial charge in [-0.05, 0) is 56.5 Å². The van der Waals surface area contributed by atoms with Gasteiger partial charge in [-0.25, -0.2) is 13.9 Å². The van der Waals surface area contributed by atoms with Gasteiger partial charge in [0.05, 0.1) is 10.6 Å². The van der Waals surface area contributed by atoms with Crippen LogP contribution >= 0.6 is 11.3 Å². The van der Waals surface area contributed by atoms with Gasteiger partial charge >= 0.3 is 5.97 Å². The lowest BCUT2D eigenvalue weighted by Gasteiger charge is -2.20. The number of carbonyl (C=O) groups excluding carboxylic acids is 2. The molecule has 2 heterocycles. The zero-order valence-electron chi connectivity index (χ0n) is 15.6. The molecule has 0 saturated carbocycles. The van der Waals surface area contributed by atoms with Crippen molar-refractivity contribution in [1.82, 2.24) is 20.1 Å². The van der Waals surface area contributed by atoms with Crippen molar-refractivity contribution in [3.8, 4) is 16.4 Å². The van der Waals surface area contributed by atoms with Gasteiger partial charge in [0, 0.05) is 5.54 Å². The second-order valence-corrected chi connectivity index (χ2v) is 7.95. The van der Waals surface area contributed by atoms with E-state index in [9.17, 15) is 14.0 Å². The van der Waals surface area contributed by atoms with E-state index in [1.54, 1.807) is 0 Å². The van der Waals surface area contributed by atoms with Gasteiger partial charge in [0.2, 0.25) is 0 Å². The number of esters is 1. The molecule has 0 aliphatic carbocycles. The van der Waals surface area contributed by atoms with E-state index >= 15 is 0 Å². The summed E-state index contributed by atoms with van der Waals surface area (Å²) in [6.45, 7) is 5.04. The first kappa shape index (κ1) is 19.7. The van der Waals surface area contributed by atoms with Gasteiger partial charge in [-0.2, -0.15) is 4.98 Å². The van der Waals surface area contributed by atoms with E-state index < -0.39 is 24.0 Å². The molecule has 3 aromatic rings. The summed E-state index contributed by atoms with van der Waals surface area (Å²) in [5.74, 6) is -1.38. The molecule has 9 heteroatoms. The lowest BCUT2D eigenvalue weighted by atomic mass is 10.1. The predicted molar refractivity (Wildman–Crippen MR) is 103 cm³/mol. The van der Waals surface area contributed by atoms with Gasteiger partial charge in [-0.15, -0.1) is 16.4 Å². The first-order chi connectivity index (χ1) is 13.2. The third-order valence-electron chi connectivity index (χ3n) is 3.45. The minimum absolute atomic E-state index is 0.184. The van der Waals surface area contributed by atoms with Crippen molar-refractivity contribution >= 4 is 23.2 Å². The Labute approximate surface area is 165 Å². The Morgan fingerprint density at radius 3 is 2.54 bits per heavy atom. The molecule has 0 radical (unpaired) electrons.